The summed E-state index contributed by atoms with van der Waals surface area (Å²) in [6.07, 6.45) is 0.205. The fraction of sp³-hybridized carbons (Fsp3) is 0.294. The molecule has 1 amide bonds. The Morgan fingerprint density at radius 2 is 2.16 bits per heavy atom. The summed E-state index contributed by atoms with van der Waals surface area (Å²) < 4.78 is 5.23. The second kappa shape index (κ2) is 7.71. The number of anilines is 1. The van der Waals surface area contributed by atoms with Crippen LogP contribution in [0.3, 0.4) is 0 Å². The fourth-order valence-corrected chi connectivity index (χ4v) is 3.70. The largest absolute Gasteiger partial charge is 0.497 e. The van der Waals surface area contributed by atoms with Crippen LogP contribution in [-0.4, -0.2) is 28.2 Å². The molecule has 0 bridgehead atoms. The molecule has 0 unspecified atom stereocenters. The average molecular weight is 374 g/mol. The molecule has 2 heterocycles. The molecule has 0 aliphatic carbocycles. The molecule has 130 valence electrons. The van der Waals surface area contributed by atoms with Gasteiger partial charge < -0.3 is 10.1 Å². The maximum absolute atomic E-state index is 12.2. The van der Waals surface area contributed by atoms with E-state index in [9.17, 15) is 4.79 Å². The molecule has 0 radical (unpaired) electrons. The summed E-state index contributed by atoms with van der Waals surface area (Å²) in [5.74, 6) is 0.935. The molecule has 1 N–H and O–H groups in total. The van der Waals surface area contributed by atoms with Crippen LogP contribution in [0, 0.1) is 0 Å². The zero-order valence-electron chi connectivity index (χ0n) is 14.1. The molecular weight excluding hydrogens is 356 g/mol. The van der Waals surface area contributed by atoms with Crippen LogP contribution in [0.25, 0.3) is 10.6 Å². The van der Waals surface area contributed by atoms with Gasteiger partial charge in [-0.15, -0.1) is 21.5 Å². The van der Waals surface area contributed by atoms with Gasteiger partial charge >= 0.3 is 0 Å². The first-order chi connectivity index (χ1) is 12.0. The molecule has 2 aromatic heterocycles. The molecule has 0 fully saturated rings. The van der Waals surface area contributed by atoms with Gasteiger partial charge in [0.1, 0.15) is 15.8 Å². The Kier molecular flexibility index (Phi) is 5.40. The van der Waals surface area contributed by atoms with Crippen LogP contribution in [0.2, 0.25) is 0 Å². The van der Waals surface area contributed by atoms with E-state index in [4.69, 9.17) is 4.74 Å². The molecule has 3 rings (SSSR count). The number of nitrogens with one attached hydrogen (secondary N) is 1. The van der Waals surface area contributed by atoms with Gasteiger partial charge in [0.2, 0.25) is 11.0 Å². The van der Waals surface area contributed by atoms with Crippen LogP contribution in [0.15, 0.2) is 29.6 Å². The van der Waals surface area contributed by atoms with Crippen LogP contribution in [0.5, 0.6) is 5.75 Å². The number of carbonyl (C=O) groups is 1. The fourth-order valence-electron chi connectivity index (χ4n) is 2.12. The highest BCUT2D eigenvalue weighted by atomic mass is 32.1. The second-order valence-corrected chi connectivity index (χ2v) is 7.57. The van der Waals surface area contributed by atoms with E-state index < -0.39 is 0 Å². The van der Waals surface area contributed by atoms with Crippen molar-refractivity contribution in [3.05, 3.63) is 40.3 Å². The third-order valence-electron chi connectivity index (χ3n) is 3.39. The van der Waals surface area contributed by atoms with Crippen molar-refractivity contribution in [1.29, 1.82) is 0 Å². The van der Waals surface area contributed by atoms with Crippen LogP contribution in [-0.2, 0) is 11.2 Å². The normalized spacial score (nSPS) is 10.9. The van der Waals surface area contributed by atoms with Gasteiger partial charge in [-0.2, -0.15) is 0 Å². The van der Waals surface area contributed by atoms with E-state index in [2.05, 4.69) is 20.5 Å². The van der Waals surface area contributed by atoms with Crippen molar-refractivity contribution in [1.82, 2.24) is 15.2 Å². The number of ether oxygens (including phenoxy) is 1. The van der Waals surface area contributed by atoms with Gasteiger partial charge in [0.15, 0.2) is 0 Å². The lowest BCUT2D eigenvalue weighted by Crippen LogP contribution is -2.14. The van der Waals surface area contributed by atoms with Crippen molar-refractivity contribution in [3.63, 3.8) is 0 Å². The molecule has 0 saturated heterocycles. The number of methoxy groups -OCH3 is 1. The van der Waals surface area contributed by atoms with Gasteiger partial charge in [-0.1, -0.05) is 37.3 Å². The molecule has 8 heteroatoms. The maximum atomic E-state index is 12.2. The van der Waals surface area contributed by atoms with Gasteiger partial charge in [0, 0.05) is 16.9 Å². The van der Waals surface area contributed by atoms with Crippen molar-refractivity contribution in [2.24, 2.45) is 0 Å². The predicted octanol–water partition coefficient (Wildman–Crippen LogP) is 3.97. The highest BCUT2D eigenvalue weighted by Crippen LogP contribution is 2.27. The van der Waals surface area contributed by atoms with E-state index in [1.54, 1.807) is 7.11 Å². The first-order valence-electron chi connectivity index (χ1n) is 7.77. The predicted molar refractivity (Wildman–Crippen MR) is 100 cm³/mol. The van der Waals surface area contributed by atoms with Crippen molar-refractivity contribution >= 4 is 33.7 Å². The molecule has 1 aromatic carbocycles. The molecule has 0 aliphatic rings. The van der Waals surface area contributed by atoms with Crippen molar-refractivity contribution in [2.45, 2.75) is 26.2 Å². The molecule has 6 nitrogen and oxygen atoms in total. The number of aromatic nitrogens is 3. The van der Waals surface area contributed by atoms with E-state index in [1.165, 1.54) is 22.7 Å². The number of benzene rings is 1. The zero-order valence-corrected chi connectivity index (χ0v) is 15.8. The van der Waals surface area contributed by atoms with E-state index >= 15 is 0 Å². The Morgan fingerprint density at radius 1 is 1.32 bits per heavy atom. The van der Waals surface area contributed by atoms with Gasteiger partial charge in [0.05, 0.1) is 19.2 Å². The van der Waals surface area contributed by atoms with Crippen molar-refractivity contribution in [2.75, 3.05) is 12.4 Å². The summed E-state index contributed by atoms with van der Waals surface area (Å²) in [7, 11) is 1.63. The summed E-state index contributed by atoms with van der Waals surface area (Å²) in [6.45, 7) is 4.09. The lowest BCUT2D eigenvalue weighted by atomic mass is 10.2. The lowest BCUT2D eigenvalue weighted by Gasteiger charge is -2.01. The number of amides is 1. The Morgan fingerprint density at radius 3 is 2.88 bits per heavy atom. The van der Waals surface area contributed by atoms with Crippen LogP contribution in [0.1, 0.15) is 30.5 Å². The summed E-state index contributed by atoms with van der Waals surface area (Å²) >= 11 is 2.91. The third kappa shape index (κ3) is 4.40. The van der Waals surface area contributed by atoms with E-state index in [0.717, 1.165) is 27.0 Å². The monoisotopic (exact) mass is 374 g/mol. The Labute approximate surface area is 153 Å². The third-order valence-corrected chi connectivity index (χ3v) is 5.47. The number of hydrogen-bond donors (Lipinski definition) is 1. The van der Waals surface area contributed by atoms with E-state index in [-0.39, 0.29) is 12.3 Å². The maximum Gasteiger partial charge on any atom is 0.232 e. The van der Waals surface area contributed by atoms with Crippen molar-refractivity contribution < 1.29 is 9.53 Å². The smallest absolute Gasteiger partial charge is 0.232 e. The molecular formula is C17H18N4O2S2. The molecule has 3 aromatic rings. The minimum absolute atomic E-state index is 0.144. The molecule has 0 spiro atoms. The topological polar surface area (TPSA) is 77.0 Å². The quantitative estimate of drug-likeness (QED) is 0.706. The molecule has 0 atom stereocenters. The molecule has 25 heavy (non-hydrogen) atoms. The zero-order chi connectivity index (χ0) is 17.8. The highest BCUT2D eigenvalue weighted by Gasteiger charge is 2.13. The van der Waals surface area contributed by atoms with Gasteiger partial charge in [-0.25, -0.2) is 4.98 Å². The summed E-state index contributed by atoms with van der Waals surface area (Å²) in [5, 5.41) is 15.0. The van der Waals surface area contributed by atoms with Crippen LogP contribution in [0.4, 0.5) is 5.13 Å². The van der Waals surface area contributed by atoms with Gasteiger partial charge in [-0.3, -0.25) is 4.79 Å². The number of nitrogens with zero attached hydrogens (tertiary/aromatic N) is 3. The SMILES string of the molecule is COc1cccc(-c2nc(CC(=O)Nc3nnc(C(C)C)s3)cs2)c1. The first-order valence-corrected chi connectivity index (χ1v) is 9.47. The number of hydrogen-bond acceptors (Lipinski definition) is 7. The molecule has 0 saturated carbocycles. The minimum atomic E-state index is -0.144. The average Bonchev–Trinajstić information content (AvgIpc) is 3.24. The van der Waals surface area contributed by atoms with E-state index in [0.29, 0.717) is 11.0 Å². The molecule has 0 aliphatic heterocycles. The number of thiazole rings is 1. The minimum Gasteiger partial charge on any atom is -0.497 e. The summed E-state index contributed by atoms with van der Waals surface area (Å²) in [6, 6.07) is 7.71. The van der Waals surface area contributed by atoms with Crippen molar-refractivity contribution in [3.8, 4) is 16.3 Å². The Balaban J connectivity index is 1.65. The first kappa shape index (κ1) is 17.5. The Bertz CT molecular complexity index is 873. The van der Waals surface area contributed by atoms with E-state index in [1.807, 2.05) is 43.5 Å². The summed E-state index contributed by atoms with van der Waals surface area (Å²) in [4.78, 5) is 16.7. The Hall–Kier alpha value is -2.32. The second-order valence-electron chi connectivity index (χ2n) is 5.70. The number of carbonyl (C=O) groups excluding carboxylic acids is 1. The van der Waals surface area contributed by atoms with Crippen LogP contribution < -0.4 is 10.1 Å². The lowest BCUT2D eigenvalue weighted by molar-refractivity contribution is -0.115. The van der Waals surface area contributed by atoms with Crippen LogP contribution >= 0.6 is 22.7 Å². The standard InChI is InChI=1S/C17H18N4O2S2/c1-10(2)15-20-21-17(25-15)19-14(22)8-12-9-24-16(18-12)11-5-4-6-13(7-11)23-3/h4-7,9-10H,8H2,1-3H3,(H,19,21,22). The summed E-state index contributed by atoms with van der Waals surface area (Å²) in [5.41, 5.74) is 1.70. The van der Waals surface area contributed by atoms with Gasteiger partial charge in [-0.05, 0) is 12.1 Å². The van der Waals surface area contributed by atoms with Gasteiger partial charge in [0.25, 0.3) is 0 Å². The number of rotatable bonds is 6. The highest BCUT2D eigenvalue weighted by molar-refractivity contribution is 7.15.